The third-order valence-electron chi connectivity index (χ3n) is 4.52. The van der Waals surface area contributed by atoms with Gasteiger partial charge in [-0.2, -0.15) is 0 Å². The van der Waals surface area contributed by atoms with Crippen LogP contribution in [0.15, 0.2) is 30.3 Å². The molecule has 0 aromatic heterocycles. The van der Waals surface area contributed by atoms with Crippen LogP contribution in [-0.4, -0.2) is 49.8 Å². The van der Waals surface area contributed by atoms with Crippen molar-refractivity contribution in [1.82, 2.24) is 10.2 Å². The lowest BCUT2D eigenvalue weighted by Gasteiger charge is -2.34. The predicted octanol–water partition coefficient (Wildman–Crippen LogP) is 2.71. The quantitative estimate of drug-likeness (QED) is 0.835. The van der Waals surface area contributed by atoms with Crippen LogP contribution >= 0.6 is 0 Å². The molecule has 1 aliphatic rings. The van der Waals surface area contributed by atoms with E-state index < -0.39 is 0 Å². The lowest BCUT2D eigenvalue weighted by atomic mass is 10.0. The summed E-state index contributed by atoms with van der Waals surface area (Å²) in [5.41, 5.74) is 1.38. The maximum atomic E-state index is 5.46. The molecule has 21 heavy (non-hydrogen) atoms. The molecule has 0 spiro atoms. The average molecular weight is 290 g/mol. The van der Waals surface area contributed by atoms with Crippen molar-refractivity contribution < 1.29 is 4.74 Å². The van der Waals surface area contributed by atoms with E-state index in [9.17, 15) is 0 Å². The van der Waals surface area contributed by atoms with Crippen molar-refractivity contribution >= 4 is 0 Å². The number of methoxy groups -OCH3 is 1. The number of hydrogen-bond donors (Lipinski definition) is 1. The van der Waals surface area contributed by atoms with E-state index in [-0.39, 0.29) is 5.60 Å². The van der Waals surface area contributed by atoms with Crippen LogP contribution in [0.4, 0.5) is 0 Å². The molecule has 2 rings (SSSR count). The third kappa shape index (κ3) is 5.77. The number of likely N-dealkylation sites (tertiary alicyclic amines) is 1. The summed E-state index contributed by atoms with van der Waals surface area (Å²) in [5, 5.41) is 3.66. The molecule has 118 valence electrons. The Morgan fingerprint density at radius 2 is 1.86 bits per heavy atom. The summed E-state index contributed by atoms with van der Waals surface area (Å²) >= 11 is 0. The zero-order valence-electron chi connectivity index (χ0n) is 13.8. The van der Waals surface area contributed by atoms with Gasteiger partial charge in [0.2, 0.25) is 0 Å². The van der Waals surface area contributed by atoms with Crippen LogP contribution in [0.1, 0.15) is 32.3 Å². The molecule has 1 aromatic rings. The van der Waals surface area contributed by atoms with Gasteiger partial charge in [-0.1, -0.05) is 30.3 Å². The fourth-order valence-corrected chi connectivity index (χ4v) is 2.75. The van der Waals surface area contributed by atoms with Gasteiger partial charge in [0.15, 0.2) is 0 Å². The first-order valence-electron chi connectivity index (χ1n) is 8.14. The fourth-order valence-electron chi connectivity index (χ4n) is 2.75. The molecule has 0 radical (unpaired) electrons. The standard InChI is InChI=1S/C18H30N2O/c1-18(2,21-3)15-19-17-10-13-20(14-11-17)12-9-16-7-5-4-6-8-16/h4-8,17,19H,9-15H2,1-3H3. The van der Waals surface area contributed by atoms with Crippen molar-refractivity contribution in [3.8, 4) is 0 Å². The highest BCUT2D eigenvalue weighted by Crippen LogP contribution is 2.13. The smallest absolute Gasteiger partial charge is 0.0746 e. The summed E-state index contributed by atoms with van der Waals surface area (Å²) < 4.78 is 5.46. The molecule has 0 unspecified atom stereocenters. The third-order valence-corrected chi connectivity index (χ3v) is 4.52. The molecular weight excluding hydrogens is 260 g/mol. The van der Waals surface area contributed by atoms with Gasteiger partial charge >= 0.3 is 0 Å². The van der Waals surface area contributed by atoms with Crippen LogP contribution in [0.2, 0.25) is 0 Å². The topological polar surface area (TPSA) is 24.5 Å². The molecule has 0 atom stereocenters. The predicted molar refractivity (Wildman–Crippen MR) is 88.7 cm³/mol. The second kappa shape index (κ2) is 7.92. The van der Waals surface area contributed by atoms with E-state index in [4.69, 9.17) is 4.74 Å². The molecular formula is C18H30N2O. The summed E-state index contributed by atoms with van der Waals surface area (Å²) in [5.74, 6) is 0. The maximum absolute atomic E-state index is 5.46. The number of nitrogens with one attached hydrogen (secondary N) is 1. The van der Waals surface area contributed by atoms with E-state index in [1.54, 1.807) is 7.11 Å². The molecule has 1 N–H and O–H groups in total. The summed E-state index contributed by atoms with van der Waals surface area (Å²) in [6.45, 7) is 8.79. The average Bonchev–Trinajstić information content (AvgIpc) is 2.53. The van der Waals surface area contributed by atoms with Crippen molar-refractivity contribution in [3.63, 3.8) is 0 Å². The van der Waals surface area contributed by atoms with Crippen molar-refractivity contribution in [2.75, 3.05) is 33.3 Å². The zero-order chi connectivity index (χ0) is 15.1. The Morgan fingerprint density at radius 3 is 2.48 bits per heavy atom. The van der Waals surface area contributed by atoms with Crippen LogP contribution in [0.3, 0.4) is 0 Å². The minimum Gasteiger partial charge on any atom is -0.377 e. The highest BCUT2D eigenvalue weighted by atomic mass is 16.5. The van der Waals surface area contributed by atoms with Crippen molar-refractivity contribution in [3.05, 3.63) is 35.9 Å². The monoisotopic (exact) mass is 290 g/mol. The Balaban J connectivity index is 1.64. The molecule has 0 saturated carbocycles. The molecule has 3 nitrogen and oxygen atoms in total. The minimum absolute atomic E-state index is 0.0650. The van der Waals surface area contributed by atoms with Gasteiger partial charge in [-0.3, -0.25) is 0 Å². The molecule has 1 heterocycles. The van der Waals surface area contributed by atoms with Gasteiger partial charge < -0.3 is 15.0 Å². The number of benzene rings is 1. The molecule has 1 fully saturated rings. The maximum Gasteiger partial charge on any atom is 0.0746 e. The number of nitrogens with zero attached hydrogens (tertiary/aromatic N) is 1. The van der Waals surface area contributed by atoms with Crippen LogP contribution in [0, 0.1) is 0 Å². The van der Waals surface area contributed by atoms with E-state index in [0.717, 1.165) is 13.0 Å². The first-order chi connectivity index (χ1) is 10.1. The van der Waals surface area contributed by atoms with Crippen LogP contribution < -0.4 is 5.32 Å². The van der Waals surface area contributed by atoms with Crippen molar-refractivity contribution in [1.29, 1.82) is 0 Å². The van der Waals surface area contributed by atoms with Gasteiger partial charge in [0.05, 0.1) is 5.60 Å². The Labute approximate surface area is 129 Å². The van der Waals surface area contributed by atoms with E-state index >= 15 is 0 Å². The lowest BCUT2D eigenvalue weighted by Crippen LogP contribution is -2.47. The van der Waals surface area contributed by atoms with Crippen molar-refractivity contribution in [2.24, 2.45) is 0 Å². The van der Waals surface area contributed by atoms with Gasteiger partial charge in [-0.05, 0) is 51.8 Å². The number of rotatable bonds is 7. The molecule has 0 aliphatic carbocycles. The number of ether oxygens (including phenoxy) is 1. The number of hydrogen-bond acceptors (Lipinski definition) is 3. The summed E-state index contributed by atoms with van der Waals surface area (Å²) in [7, 11) is 1.79. The Morgan fingerprint density at radius 1 is 1.19 bits per heavy atom. The van der Waals surface area contributed by atoms with E-state index in [2.05, 4.69) is 54.4 Å². The minimum atomic E-state index is -0.0650. The highest BCUT2D eigenvalue weighted by molar-refractivity contribution is 5.14. The first-order valence-corrected chi connectivity index (χ1v) is 8.14. The first kappa shape index (κ1) is 16.5. The van der Waals surface area contributed by atoms with Crippen LogP contribution in [0.25, 0.3) is 0 Å². The fraction of sp³-hybridized carbons (Fsp3) is 0.667. The molecule has 1 saturated heterocycles. The SMILES string of the molecule is COC(C)(C)CNC1CCN(CCc2ccccc2)CC1. The molecule has 0 bridgehead atoms. The van der Waals surface area contributed by atoms with Crippen LogP contribution in [0.5, 0.6) is 0 Å². The highest BCUT2D eigenvalue weighted by Gasteiger charge is 2.22. The van der Waals surface area contributed by atoms with Gasteiger partial charge in [0.1, 0.15) is 0 Å². The second-order valence-electron chi connectivity index (χ2n) is 6.70. The van der Waals surface area contributed by atoms with Crippen LogP contribution in [-0.2, 0) is 11.2 Å². The molecule has 1 aliphatic heterocycles. The summed E-state index contributed by atoms with van der Waals surface area (Å²) in [4.78, 5) is 2.59. The zero-order valence-corrected chi connectivity index (χ0v) is 13.8. The largest absolute Gasteiger partial charge is 0.377 e. The Bertz CT molecular complexity index is 397. The van der Waals surface area contributed by atoms with Gasteiger partial charge in [0, 0.05) is 26.2 Å². The molecule has 3 heteroatoms. The van der Waals surface area contributed by atoms with Gasteiger partial charge in [-0.15, -0.1) is 0 Å². The van der Waals surface area contributed by atoms with Gasteiger partial charge in [0.25, 0.3) is 0 Å². The molecule has 1 aromatic carbocycles. The Kier molecular flexibility index (Phi) is 6.22. The summed E-state index contributed by atoms with van der Waals surface area (Å²) in [6.07, 6.45) is 3.65. The normalized spacial score (nSPS) is 18.0. The van der Waals surface area contributed by atoms with E-state index in [0.29, 0.717) is 6.04 Å². The van der Waals surface area contributed by atoms with Crippen molar-refractivity contribution in [2.45, 2.75) is 44.8 Å². The van der Waals surface area contributed by atoms with E-state index in [1.807, 2.05) is 0 Å². The second-order valence-corrected chi connectivity index (χ2v) is 6.70. The molecule has 0 amide bonds. The number of piperidine rings is 1. The Hall–Kier alpha value is -0.900. The summed E-state index contributed by atoms with van der Waals surface area (Å²) in [6, 6.07) is 11.4. The lowest BCUT2D eigenvalue weighted by molar-refractivity contribution is 0.0190. The van der Waals surface area contributed by atoms with Gasteiger partial charge in [-0.25, -0.2) is 0 Å². The van der Waals surface area contributed by atoms with E-state index in [1.165, 1.54) is 38.0 Å².